The average Bonchev–Trinajstić information content (AvgIpc) is 3.08. The van der Waals surface area contributed by atoms with Gasteiger partial charge in [0.25, 0.3) is 0 Å². The van der Waals surface area contributed by atoms with Crippen molar-refractivity contribution in [3.63, 3.8) is 0 Å². The zero-order valence-electron chi connectivity index (χ0n) is 12.8. The van der Waals surface area contributed by atoms with Crippen molar-refractivity contribution in [3.05, 3.63) is 71.8 Å². The van der Waals surface area contributed by atoms with Crippen LogP contribution in [0, 0.1) is 0 Å². The molecule has 0 amide bonds. The molecule has 1 aliphatic rings. The topological polar surface area (TPSA) is 22.0 Å². The number of rotatable bonds is 1. The van der Waals surface area contributed by atoms with Crippen LogP contribution in [0.25, 0.3) is 32.9 Å². The van der Waals surface area contributed by atoms with E-state index in [4.69, 9.17) is 0 Å². The third-order valence-electron chi connectivity index (χ3n) is 4.94. The lowest BCUT2D eigenvalue weighted by Crippen LogP contribution is -1.95. The number of benzene rings is 3. The number of aryl methyl sites for hydroxylation is 1. The Morgan fingerprint density at radius 1 is 0.783 bits per heavy atom. The van der Waals surface area contributed by atoms with Crippen LogP contribution in [-0.4, -0.2) is 10.4 Å². The van der Waals surface area contributed by atoms with Crippen LogP contribution in [0.15, 0.2) is 60.7 Å². The fourth-order valence-electron chi connectivity index (χ4n) is 3.99. The average molecular weight is 297 g/mol. The Kier molecular flexibility index (Phi) is 2.38. The number of hydrogen-bond acceptors (Lipinski definition) is 1. The zero-order valence-corrected chi connectivity index (χ0v) is 12.8. The molecule has 0 radical (unpaired) electrons. The molecule has 0 atom stereocenters. The lowest BCUT2D eigenvalue weighted by molar-refractivity contribution is 0.104. The van der Waals surface area contributed by atoms with Crippen LogP contribution < -0.4 is 0 Å². The Morgan fingerprint density at radius 2 is 1.52 bits per heavy atom. The fraction of sp³-hybridized carbons (Fsp3) is 0.0952. The van der Waals surface area contributed by atoms with E-state index < -0.39 is 0 Å². The Morgan fingerprint density at radius 3 is 2.35 bits per heavy atom. The van der Waals surface area contributed by atoms with Crippen molar-refractivity contribution in [1.29, 1.82) is 0 Å². The summed E-state index contributed by atoms with van der Waals surface area (Å²) in [7, 11) is 0. The van der Waals surface area contributed by atoms with E-state index in [1.54, 1.807) is 0 Å². The fourth-order valence-corrected chi connectivity index (χ4v) is 3.99. The molecule has 3 aromatic carbocycles. The van der Waals surface area contributed by atoms with Gasteiger partial charge in [-0.2, -0.15) is 0 Å². The third kappa shape index (κ3) is 1.45. The second-order valence-corrected chi connectivity index (χ2v) is 6.02. The van der Waals surface area contributed by atoms with Gasteiger partial charge in [0.15, 0.2) is 5.78 Å². The summed E-state index contributed by atoms with van der Waals surface area (Å²) in [6, 6.07) is 20.5. The molecule has 0 spiro atoms. The number of carbonyl (C=O) groups is 1. The van der Waals surface area contributed by atoms with Crippen LogP contribution in [-0.2, 0) is 6.54 Å². The van der Waals surface area contributed by atoms with Crippen LogP contribution in [0.3, 0.4) is 0 Å². The van der Waals surface area contributed by atoms with Gasteiger partial charge < -0.3 is 4.57 Å². The number of hydrogen-bond donors (Lipinski definition) is 0. The number of fused-ring (bicyclic) bond motifs is 7. The van der Waals surface area contributed by atoms with Crippen molar-refractivity contribution in [2.24, 2.45) is 0 Å². The third-order valence-corrected chi connectivity index (χ3v) is 4.94. The van der Waals surface area contributed by atoms with Gasteiger partial charge in [-0.25, -0.2) is 0 Å². The molecule has 23 heavy (non-hydrogen) atoms. The first-order valence-electron chi connectivity index (χ1n) is 7.99. The number of aromatic nitrogens is 1. The highest BCUT2D eigenvalue weighted by atomic mass is 16.1. The lowest BCUT2D eigenvalue weighted by Gasteiger charge is -2.05. The molecule has 2 nitrogen and oxygen atoms in total. The van der Waals surface area contributed by atoms with Gasteiger partial charge in [0.1, 0.15) is 0 Å². The van der Waals surface area contributed by atoms with Crippen molar-refractivity contribution >= 4 is 27.6 Å². The van der Waals surface area contributed by atoms with Gasteiger partial charge in [-0.3, -0.25) is 4.79 Å². The molecule has 5 rings (SSSR count). The summed E-state index contributed by atoms with van der Waals surface area (Å²) in [5, 5.41) is 2.43. The molecule has 0 fully saturated rings. The van der Waals surface area contributed by atoms with Crippen LogP contribution in [0.2, 0.25) is 0 Å². The minimum absolute atomic E-state index is 0.144. The van der Waals surface area contributed by atoms with Crippen molar-refractivity contribution in [2.45, 2.75) is 13.5 Å². The van der Waals surface area contributed by atoms with E-state index in [-0.39, 0.29) is 5.78 Å². The summed E-state index contributed by atoms with van der Waals surface area (Å²) < 4.78 is 2.33. The number of nitrogens with zero attached hydrogens (tertiary/aromatic N) is 1. The highest BCUT2D eigenvalue weighted by molar-refractivity contribution is 6.29. The van der Waals surface area contributed by atoms with E-state index in [0.717, 1.165) is 28.8 Å². The molecule has 110 valence electrons. The maximum absolute atomic E-state index is 12.7. The second kappa shape index (κ2) is 4.32. The van der Waals surface area contributed by atoms with Gasteiger partial charge in [-0.15, -0.1) is 0 Å². The Labute approximate surface area is 134 Å². The maximum atomic E-state index is 12.7. The van der Waals surface area contributed by atoms with E-state index in [2.05, 4.69) is 47.9 Å². The van der Waals surface area contributed by atoms with Gasteiger partial charge in [0.05, 0.1) is 0 Å². The minimum Gasteiger partial charge on any atom is -0.341 e. The monoisotopic (exact) mass is 297 g/mol. The van der Waals surface area contributed by atoms with E-state index in [9.17, 15) is 4.79 Å². The Balaban J connectivity index is 2.07. The molecule has 0 N–H and O–H groups in total. The van der Waals surface area contributed by atoms with Crippen LogP contribution in [0.5, 0.6) is 0 Å². The molecule has 0 unspecified atom stereocenters. The first-order chi connectivity index (χ1) is 11.3. The van der Waals surface area contributed by atoms with Gasteiger partial charge in [-0.1, -0.05) is 42.5 Å². The van der Waals surface area contributed by atoms with Crippen molar-refractivity contribution in [3.8, 4) is 11.1 Å². The second-order valence-electron chi connectivity index (χ2n) is 6.02. The predicted octanol–water partition coefficient (Wildman–Crippen LogP) is 5.03. The van der Waals surface area contributed by atoms with Gasteiger partial charge in [-0.05, 0) is 30.7 Å². The molecule has 4 aromatic rings. The Hall–Kier alpha value is -2.87. The quantitative estimate of drug-likeness (QED) is 0.425. The highest BCUT2D eigenvalue weighted by Crippen LogP contribution is 2.44. The van der Waals surface area contributed by atoms with E-state index in [1.807, 2.05) is 24.3 Å². The van der Waals surface area contributed by atoms with Gasteiger partial charge >= 0.3 is 0 Å². The molecule has 0 bridgehead atoms. The molecular formula is C21H15NO. The minimum atomic E-state index is 0.144. The summed E-state index contributed by atoms with van der Waals surface area (Å²) >= 11 is 0. The Bertz CT molecular complexity index is 1120. The molecule has 0 aliphatic heterocycles. The molecule has 0 saturated heterocycles. The maximum Gasteiger partial charge on any atom is 0.194 e. The number of para-hydroxylation sites is 1. The summed E-state index contributed by atoms with van der Waals surface area (Å²) in [6.07, 6.45) is 0. The molecule has 1 aliphatic carbocycles. The highest BCUT2D eigenvalue weighted by Gasteiger charge is 2.29. The molecule has 1 heterocycles. The van der Waals surface area contributed by atoms with Crippen LogP contribution in [0.4, 0.5) is 0 Å². The van der Waals surface area contributed by atoms with E-state index >= 15 is 0 Å². The normalized spacial score (nSPS) is 12.8. The molecular weight excluding hydrogens is 282 g/mol. The summed E-state index contributed by atoms with van der Waals surface area (Å²) in [4.78, 5) is 12.7. The molecule has 0 saturated carbocycles. The van der Waals surface area contributed by atoms with Gasteiger partial charge in [0, 0.05) is 45.0 Å². The standard InChI is InChI=1S/C21H15NO/c1-2-22-17-10-6-5-9-15(17)20-18(22)12-11-16-19(20)13-7-3-4-8-14(13)21(16)23/h3-12H,2H2,1H3. The smallest absolute Gasteiger partial charge is 0.194 e. The lowest BCUT2D eigenvalue weighted by atomic mass is 9.99. The largest absolute Gasteiger partial charge is 0.341 e. The van der Waals surface area contributed by atoms with Crippen LogP contribution in [0.1, 0.15) is 22.8 Å². The van der Waals surface area contributed by atoms with Crippen molar-refractivity contribution < 1.29 is 4.79 Å². The van der Waals surface area contributed by atoms with E-state index in [1.165, 1.54) is 21.8 Å². The number of carbonyl (C=O) groups excluding carboxylic acids is 1. The molecule has 1 aromatic heterocycles. The van der Waals surface area contributed by atoms with Gasteiger partial charge in [0.2, 0.25) is 0 Å². The first kappa shape index (κ1) is 12.7. The van der Waals surface area contributed by atoms with E-state index in [0.29, 0.717) is 0 Å². The van der Waals surface area contributed by atoms with Crippen molar-refractivity contribution in [2.75, 3.05) is 0 Å². The van der Waals surface area contributed by atoms with Crippen LogP contribution >= 0.6 is 0 Å². The summed E-state index contributed by atoms with van der Waals surface area (Å²) in [5.41, 5.74) is 6.26. The first-order valence-corrected chi connectivity index (χ1v) is 7.99. The zero-order chi connectivity index (χ0) is 15.6. The summed E-state index contributed by atoms with van der Waals surface area (Å²) in [5.74, 6) is 0.144. The SMILES string of the molecule is CCn1c2ccccc2c2c3c(ccc21)C(=O)c1ccccc1-3. The molecule has 2 heteroatoms. The summed E-state index contributed by atoms with van der Waals surface area (Å²) in [6.45, 7) is 3.08. The predicted molar refractivity (Wildman–Crippen MR) is 94.0 cm³/mol. The number of ketones is 1. The van der Waals surface area contributed by atoms with Crippen molar-refractivity contribution in [1.82, 2.24) is 4.57 Å².